The molecule has 100 valence electrons. The van der Waals surface area contributed by atoms with E-state index in [1.54, 1.807) is 12.0 Å². The molecule has 0 aromatic heterocycles. The van der Waals surface area contributed by atoms with Crippen LogP contribution >= 0.6 is 0 Å². The zero-order valence-corrected chi connectivity index (χ0v) is 10.6. The summed E-state index contributed by atoms with van der Waals surface area (Å²) in [7, 11) is 1.61. The molecule has 19 heavy (non-hydrogen) atoms. The quantitative estimate of drug-likeness (QED) is 0.890. The van der Waals surface area contributed by atoms with Gasteiger partial charge in [0.25, 0.3) is 0 Å². The van der Waals surface area contributed by atoms with Gasteiger partial charge in [-0.3, -0.25) is 9.59 Å². The van der Waals surface area contributed by atoms with Crippen LogP contribution in [0.2, 0.25) is 0 Å². The molecule has 2 unspecified atom stereocenters. The highest BCUT2D eigenvalue weighted by molar-refractivity contribution is 6.01. The lowest BCUT2D eigenvalue weighted by atomic mass is 10.1. The van der Waals surface area contributed by atoms with Crippen molar-refractivity contribution in [3.05, 3.63) is 23.8 Å². The van der Waals surface area contributed by atoms with E-state index in [4.69, 9.17) is 9.84 Å². The largest absolute Gasteiger partial charge is 0.497 e. The van der Waals surface area contributed by atoms with Gasteiger partial charge in [0.05, 0.1) is 18.9 Å². The van der Waals surface area contributed by atoms with Crippen molar-refractivity contribution < 1.29 is 19.4 Å². The number of anilines is 1. The maximum atomic E-state index is 12.3. The van der Waals surface area contributed by atoms with Crippen LogP contribution in [0.25, 0.3) is 0 Å². The summed E-state index contributed by atoms with van der Waals surface area (Å²) in [6.07, 6.45) is 1.26. The number of carboxylic acid groups (broad SMARTS) is 1. The molecule has 5 nitrogen and oxygen atoms in total. The Kier molecular flexibility index (Phi) is 2.69. The minimum absolute atomic E-state index is 0.0590. The number of carbonyl (C=O) groups excluding carboxylic acids is 1. The number of fused-ring (bicyclic) bond motifs is 1. The predicted molar refractivity (Wildman–Crippen MR) is 68.3 cm³/mol. The number of carbonyl (C=O) groups is 2. The van der Waals surface area contributed by atoms with E-state index in [1.165, 1.54) is 0 Å². The van der Waals surface area contributed by atoms with Crippen LogP contribution in [0, 0.1) is 11.8 Å². The first kappa shape index (κ1) is 12.0. The second kappa shape index (κ2) is 4.26. The van der Waals surface area contributed by atoms with Crippen molar-refractivity contribution in [1.29, 1.82) is 0 Å². The highest BCUT2D eigenvalue weighted by Crippen LogP contribution is 2.42. The lowest BCUT2D eigenvalue weighted by Gasteiger charge is -2.17. The normalized spacial score (nSPS) is 23.9. The summed E-state index contributed by atoms with van der Waals surface area (Å²) in [6, 6.07) is 5.63. The second-order valence-electron chi connectivity index (χ2n) is 5.02. The third-order valence-corrected chi connectivity index (χ3v) is 3.87. The second-order valence-corrected chi connectivity index (χ2v) is 5.02. The molecule has 1 aromatic rings. The fourth-order valence-corrected chi connectivity index (χ4v) is 2.68. The Labute approximate surface area is 110 Å². The highest BCUT2D eigenvalue weighted by atomic mass is 16.5. The van der Waals surface area contributed by atoms with Crippen LogP contribution in [0.15, 0.2) is 18.2 Å². The van der Waals surface area contributed by atoms with Gasteiger partial charge in [0, 0.05) is 12.2 Å². The standard InChI is InChI=1S/C14H15NO4/c1-19-9-2-3-12-8(6-9)4-5-15(12)13(16)10-7-11(10)14(17)18/h2-3,6,10-11H,4-5,7H2,1H3,(H,17,18). The van der Waals surface area contributed by atoms with E-state index in [1.807, 2.05) is 18.2 Å². The third-order valence-electron chi connectivity index (χ3n) is 3.87. The highest BCUT2D eigenvalue weighted by Gasteiger charge is 2.50. The van der Waals surface area contributed by atoms with E-state index in [-0.39, 0.29) is 11.8 Å². The van der Waals surface area contributed by atoms with Gasteiger partial charge in [0.1, 0.15) is 5.75 Å². The first-order valence-corrected chi connectivity index (χ1v) is 6.33. The molecule has 2 aliphatic rings. The van der Waals surface area contributed by atoms with Crippen molar-refractivity contribution in [1.82, 2.24) is 0 Å². The van der Waals surface area contributed by atoms with Crippen LogP contribution in [0.5, 0.6) is 5.75 Å². The monoisotopic (exact) mass is 261 g/mol. The lowest BCUT2D eigenvalue weighted by Crippen LogP contribution is -2.31. The van der Waals surface area contributed by atoms with E-state index in [9.17, 15) is 9.59 Å². The molecular weight excluding hydrogens is 246 g/mol. The molecule has 5 heteroatoms. The van der Waals surface area contributed by atoms with E-state index in [2.05, 4.69) is 0 Å². The number of benzene rings is 1. The predicted octanol–water partition coefficient (Wildman–Crippen LogP) is 1.30. The molecule has 0 saturated heterocycles. The first-order chi connectivity index (χ1) is 9.11. The topological polar surface area (TPSA) is 66.8 Å². The molecule has 1 heterocycles. The van der Waals surface area contributed by atoms with E-state index in [0.29, 0.717) is 13.0 Å². The minimum atomic E-state index is -0.868. The van der Waals surface area contributed by atoms with Crippen molar-refractivity contribution in [2.24, 2.45) is 11.8 Å². The molecule has 1 fully saturated rings. The molecule has 3 rings (SSSR count). The van der Waals surface area contributed by atoms with E-state index < -0.39 is 11.9 Å². The Morgan fingerprint density at radius 3 is 2.79 bits per heavy atom. The summed E-state index contributed by atoms with van der Waals surface area (Å²) in [6.45, 7) is 0.629. The number of hydrogen-bond acceptors (Lipinski definition) is 3. The molecule has 1 N–H and O–H groups in total. The molecule has 0 bridgehead atoms. The Bertz CT molecular complexity index is 554. The number of methoxy groups -OCH3 is 1. The number of ether oxygens (including phenoxy) is 1. The van der Waals surface area contributed by atoms with Gasteiger partial charge >= 0.3 is 5.97 Å². The minimum Gasteiger partial charge on any atom is -0.497 e. The molecule has 1 amide bonds. The molecule has 0 radical (unpaired) electrons. The first-order valence-electron chi connectivity index (χ1n) is 6.33. The number of amides is 1. The Balaban J connectivity index is 1.79. The molecule has 0 spiro atoms. The zero-order valence-electron chi connectivity index (χ0n) is 10.6. The lowest BCUT2D eigenvalue weighted by molar-refractivity contribution is -0.140. The van der Waals surface area contributed by atoms with Gasteiger partial charge in [-0.15, -0.1) is 0 Å². The van der Waals surface area contributed by atoms with Crippen LogP contribution in [0.1, 0.15) is 12.0 Å². The Morgan fingerprint density at radius 1 is 1.37 bits per heavy atom. The van der Waals surface area contributed by atoms with Crippen LogP contribution < -0.4 is 9.64 Å². The van der Waals surface area contributed by atoms with Gasteiger partial charge in [-0.2, -0.15) is 0 Å². The molecule has 2 atom stereocenters. The smallest absolute Gasteiger partial charge is 0.307 e. The van der Waals surface area contributed by atoms with E-state index >= 15 is 0 Å². The van der Waals surface area contributed by atoms with Crippen molar-refractivity contribution in [3.63, 3.8) is 0 Å². The van der Waals surface area contributed by atoms with Crippen molar-refractivity contribution in [2.75, 3.05) is 18.6 Å². The van der Waals surface area contributed by atoms with Gasteiger partial charge in [0.15, 0.2) is 0 Å². The van der Waals surface area contributed by atoms with Crippen molar-refractivity contribution in [2.45, 2.75) is 12.8 Å². The average molecular weight is 261 g/mol. The summed E-state index contributed by atoms with van der Waals surface area (Å²) >= 11 is 0. The fraction of sp³-hybridized carbons (Fsp3) is 0.429. The summed E-state index contributed by atoms with van der Waals surface area (Å²) in [5.41, 5.74) is 1.97. The number of carboxylic acids is 1. The maximum Gasteiger partial charge on any atom is 0.307 e. The van der Waals surface area contributed by atoms with Crippen molar-refractivity contribution in [3.8, 4) is 5.75 Å². The third kappa shape index (κ3) is 1.95. The van der Waals surface area contributed by atoms with Crippen LogP contribution in [-0.4, -0.2) is 30.6 Å². The van der Waals surface area contributed by atoms with Gasteiger partial charge < -0.3 is 14.7 Å². The van der Waals surface area contributed by atoms with Crippen LogP contribution in [0.3, 0.4) is 0 Å². The van der Waals surface area contributed by atoms with Gasteiger partial charge in [-0.25, -0.2) is 0 Å². The van der Waals surface area contributed by atoms with E-state index in [0.717, 1.165) is 23.4 Å². The summed E-state index contributed by atoms with van der Waals surface area (Å²) < 4.78 is 5.16. The molecule has 1 aliphatic carbocycles. The number of hydrogen-bond donors (Lipinski definition) is 1. The summed E-state index contributed by atoms with van der Waals surface area (Å²) in [4.78, 5) is 24.8. The molecule has 1 saturated carbocycles. The number of nitrogens with zero attached hydrogens (tertiary/aromatic N) is 1. The number of rotatable bonds is 3. The zero-order chi connectivity index (χ0) is 13.6. The van der Waals surface area contributed by atoms with Gasteiger partial charge in [-0.1, -0.05) is 0 Å². The molecular formula is C14H15NO4. The van der Waals surface area contributed by atoms with Crippen LogP contribution in [0.4, 0.5) is 5.69 Å². The Hall–Kier alpha value is -2.04. The van der Waals surface area contributed by atoms with Crippen molar-refractivity contribution >= 4 is 17.6 Å². The Morgan fingerprint density at radius 2 is 2.16 bits per heavy atom. The fourth-order valence-electron chi connectivity index (χ4n) is 2.68. The number of aliphatic carboxylic acids is 1. The van der Waals surface area contributed by atoms with Gasteiger partial charge in [0.2, 0.25) is 5.91 Å². The summed E-state index contributed by atoms with van der Waals surface area (Å²) in [5, 5.41) is 8.89. The summed E-state index contributed by atoms with van der Waals surface area (Å²) in [5.74, 6) is -0.980. The molecule has 1 aliphatic heterocycles. The maximum absolute atomic E-state index is 12.3. The van der Waals surface area contributed by atoms with Gasteiger partial charge in [-0.05, 0) is 36.6 Å². The van der Waals surface area contributed by atoms with Crippen LogP contribution in [-0.2, 0) is 16.0 Å². The SMILES string of the molecule is COc1ccc2c(c1)CCN2C(=O)C1CC1C(=O)O. The average Bonchev–Trinajstić information content (AvgIpc) is 3.11. The molecule has 1 aromatic carbocycles.